The molecule has 10 nitrogen and oxygen atoms in total. The zero-order chi connectivity index (χ0) is 26.3. The van der Waals surface area contributed by atoms with E-state index >= 15 is 0 Å². The maximum absolute atomic E-state index is 13.6. The number of morpholine rings is 1. The predicted octanol–water partition coefficient (Wildman–Crippen LogP) is 3.24. The normalized spacial score (nSPS) is 17.4. The van der Waals surface area contributed by atoms with Crippen LogP contribution in [0, 0.1) is 11.3 Å². The van der Waals surface area contributed by atoms with Crippen LogP contribution in [0.4, 0.5) is 16.2 Å². The molecule has 4 N–H and O–H groups in total. The van der Waals surface area contributed by atoms with Gasteiger partial charge in [0.2, 0.25) is 5.91 Å². The summed E-state index contributed by atoms with van der Waals surface area (Å²) in [6, 6.07) is 3.85. The van der Waals surface area contributed by atoms with E-state index in [0.717, 1.165) is 44.5 Å². The Morgan fingerprint density at radius 3 is 2.44 bits per heavy atom. The van der Waals surface area contributed by atoms with Crippen molar-refractivity contribution in [2.24, 2.45) is 11.3 Å². The summed E-state index contributed by atoms with van der Waals surface area (Å²) >= 11 is 6.49. The molecular formula is C25H38ClN5O5. The average molecular weight is 524 g/mol. The van der Waals surface area contributed by atoms with Gasteiger partial charge in [-0.3, -0.25) is 14.8 Å². The molecule has 2 aliphatic rings. The SMILES string of the molecule is CC(C)(C)[C@H](NC(=O)Nc1ccc(N2CCOCC2)c(Cl)c1)C(=O)N(CC(=O)NO)CC1CCCC1. The number of amides is 4. The number of halogens is 1. The Balaban J connectivity index is 1.70. The Labute approximate surface area is 217 Å². The van der Waals surface area contributed by atoms with Crippen molar-refractivity contribution in [2.45, 2.75) is 52.5 Å². The van der Waals surface area contributed by atoms with Crippen molar-refractivity contribution in [3.63, 3.8) is 0 Å². The van der Waals surface area contributed by atoms with Gasteiger partial charge in [0.05, 0.1) is 23.9 Å². The molecule has 3 rings (SSSR count). The summed E-state index contributed by atoms with van der Waals surface area (Å²) in [6.07, 6.45) is 4.16. The van der Waals surface area contributed by atoms with Gasteiger partial charge in [-0.25, -0.2) is 10.3 Å². The smallest absolute Gasteiger partial charge is 0.319 e. The van der Waals surface area contributed by atoms with Gasteiger partial charge in [-0.15, -0.1) is 0 Å². The number of urea groups is 1. The molecule has 1 saturated carbocycles. The lowest BCUT2D eigenvalue weighted by Crippen LogP contribution is -2.57. The highest BCUT2D eigenvalue weighted by molar-refractivity contribution is 6.33. The van der Waals surface area contributed by atoms with Crippen LogP contribution in [0.25, 0.3) is 0 Å². The third kappa shape index (κ3) is 7.72. The van der Waals surface area contributed by atoms with Gasteiger partial charge < -0.3 is 25.2 Å². The Hall–Kier alpha value is -2.56. The molecule has 1 saturated heterocycles. The fourth-order valence-electron chi connectivity index (χ4n) is 4.72. The molecule has 0 unspecified atom stereocenters. The number of benzene rings is 1. The van der Waals surface area contributed by atoms with Crippen LogP contribution in [0.5, 0.6) is 0 Å². The second kappa shape index (κ2) is 12.6. The van der Waals surface area contributed by atoms with E-state index in [4.69, 9.17) is 21.5 Å². The van der Waals surface area contributed by atoms with Gasteiger partial charge in [-0.05, 0) is 42.4 Å². The molecular weight excluding hydrogens is 486 g/mol. The number of hydrogen-bond acceptors (Lipinski definition) is 6. The summed E-state index contributed by atoms with van der Waals surface area (Å²) in [6.45, 7) is 8.44. The van der Waals surface area contributed by atoms with Crippen LogP contribution >= 0.6 is 11.6 Å². The number of anilines is 2. The highest BCUT2D eigenvalue weighted by atomic mass is 35.5. The lowest BCUT2D eigenvalue weighted by molar-refractivity contribution is -0.142. The molecule has 0 spiro atoms. The first-order valence-electron chi connectivity index (χ1n) is 12.5. The van der Waals surface area contributed by atoms with Gasteiger partial charge in [0.15, 0.2) is 0 Å². The van der Waals surface area contributed by atoms with Gasteiger partial charge in [-0.1, -0.05) is 45.2 Å². The molecule has 0 bridgehead atoms. The van der Waals surface area contributed by atoms with Crippen LogP contribution in [-0.4, -0.2) is 73.4 Å². The Morgan fingerprint density at radius 2 is 1.86 bits per heavy atom. The summed E-state index contributed by atoms with van der Waals surface area (Å²) in [5, 5.41) is 15.1. The van der Waals surface area contributed by atoms with E-state index in [1.807, 2.05) is 26.8 Å². The van der Waals surface area contributed by atoms with E-state index in [1.54, 1.807) is 17.6 Å². The van der Waals surface area contributed by atoms with Crippen LogP contribution in [-0.2, 0) is 14.3 Å². The molecule has 200 valence electrons. The average Bonchev–Trinajstić information content (AvgIpc) is 3.35. The minimum atomic E-state index is -0.895. The van der Waals surface area contributed by atoms with Gasteiger partial charge in [0.1, 0.15) is 12.6 Å². The van der Waals surface area contributed by atoms with Crippen molar-refractivity contribution >= 4 is 40.8 Å². The molecule has 36 heavy (non-hydrogen) atoms. The monoisotopic (exact) mass is 523 g/mol. The minimum Gasteiger partial charge on any atom is -0.378 e. The van der Waals surface area contributed by atoms with E-state index in [0.29, 0.717) is 36.4 Å². The lowest BCUT2D eigenvalue weighted by Gasteiger charge is -2.35. The van der Waals surface area contributed by atoms with Crippen LogP contribution in [0.1, 0.15) is 46.5 Å². The van der Waals surface area contributed by atoms with Crippen molar-refractivity contribution in [2.75, 3.05) is 49.6 Å². The molecule has 1 heterocycles. The van der Waals surface area contributed by atoms with Crippen LogP contribution in [0.15, 0.2) is 18.2 Å². The number of ether oxygens (including phenoxy) is 1. The first-order chi connectivity index (χ1) is 17.1. The number of hydrogen-bond donors (Lipinski definition) is 4. The maximum atomic E-state index is 13.6. The quantitative estimate of drug-likeness (QED) is 0.306. The topological polar surface area (TPSA) is 123 Å². The van der Waals surface area contributed by atoms with Crippen LogP contribution in [0.3, 0.4) is 0 Å². The summed E-state index contributed by atoms with van der Waals surface area (Å²) in [5.74, 6) is -0.746. The second-order valence-electron chi connectivity index (χ2n) is 10.6. The van der Waals surface area contributed by atoms with Gasteiger partial charge in [0.25, 0.3) is 5.91 Å². The molecule has 1 aliphatic heterocycles. The van der Waals surface area contributed by atoms with Gasteiger partial charge in [0, 0.05) is 25.3 Å². The number of rotatable bonds is 8. The molecule has 2 fully saturated rings. The molecule has 1 aliphatic carbocycles. The number of hydroxylamine groups is 1. The molecule has 1 aromatic carbocycles. The van der Waals surface area contributed by atoms with Crippen molar-refractivity contribution in [3.05, 3.63) is 23.2 Å². The fraction of sp³-hybridized carbons (Fsp3) is 0.640. The van der Waals surface area contributed by atoms with Gasteiger partial charge >= 0.3 is 6.03 Å². The first kappa shape index (κ1) is 28.0. The van der Waals surface area contributed by atoms with E-state index in [9.17, 15) is 14.4 Å². The maximum Gasteiger partial charge on any atom is 0.319 e. The molecule has 0 aromatic heterocycles. The Bertz CT molecular complexity index is 926. The highest BCUT2D eigenvalue weighted by Crippen LogP contribution is 2.30. The Morgan fingerprint density at radius 1 is 1.19 bits per heavy atom. The summed E-state index contributed by atoms with van der Waals surface area (Å²) in [4.78, 5) is 42.0. The molecule has 1 atom stereocenters. The van der Waals surface area contributed by atoms with E-state index in [-0.39, 0.29) is 12.5 Å². The summed E-state index contributed by atoms with van der Waals surface area (Å²) in [5.41, 5.74) is 2.35. The molecule has 1 aromatic rings. The number of nitrogens with one attached hydrogen (secondary N) is 3. The largest absolute Gasteiger partial charge is 0.378 e. The van der Waals surface area contributed by atoms with Crippen LogP contribution in [0.2, 0.25) is 5.02 Å². The van der Waals surface area contributed by atoms with Crippen molar-refractivity contribution in [1.82, 2.24) is 15.7 Å². The third-order valence-electron chi connectivity index (χ3n) is 6.67. The number of carbonyl (C=O) groups excluding carboxylic acids is 3. The predicted molar refractivity (Wildman–Crippen MR) is 138 cm³/mol. The Kier molecular flexibility index (Phi) is 9.81. The van der Waals surface area contributed by atoms with Crippen LogP contribution < -0.4 is 21.0 Å². The fourth-order valence-corrected chi connectivity index (χ4v) is 5.02. The van der Waals surface area contributed by atoms with Crippen molar-refractivity contribution < 1.29 is 24.3 Å². The number of carbonyl (C=O) groups is 3. The molecule has 0 radical (unpaired) electrons. The highest BCUT2D eigenvalue weighted by Gasteiger charge is 2.37. The van der Waals surface area contributed by atoms with E-state index < -0.39 is 23.4 Å². The van der Waals surface area contributed by atoms with Crippen molar-refractivity contribution in [1.29, 1.82) is 0 Å². The zero-order valence-electron chi connectivity index (χ0n) is 21.3. The standard InChI is InChI=1S/C25H38ClN5O5/c1-25(2,3)22(23(33)31(16-21(32)29-35)15-17-6-4-5-7-17)28-24(34)27-18-8-9-20(19(26)14-18)30-10-12-36-13-11-30/h8-9,14,17,22,35H,4-7,10-13,15-16H2,1-3H3,(H,29,32)(H2,27,28,34)/t22-/m1/s1. The summed E-state index contributed by atoms with van der Waals surface area (Å²) in [7, 11) is 0. The summed E-state index contributed by atoms with van der Waals surface area (Å²) < 4.78 is 5.39. The second-order valence-corrected chi connectivity index (χ2v) is 11.0. The van der Waals surface area contributed by atoms with E-state index in [1.165, 1.54) is 4.90 Å². The zero-order valence-corrected chi connectivity index (χ0v) is 22.1. The minimum absolute atomic E-state index is 0.277. The van der Waals surface area contributed by atoms with E-state index in [2.05, 4.69) is 15.5 Å². The molecule has 11 heteroatoms. The first-order valence-corrected chi connectivity index (χ1v) is 12.9. The third-order valence-corrected chi connectivity index (χ3v) is 6.97. The number of nitrogens with zero attached hydrogens (tertiary/aromatic N) is 2. The van der Waals surface area contributed by atoms with Gasteiger partial charge in [-0.2, -0.15) is 0 Å². The lowest BCUT2D eigenvalue weighted by atomic mass is 9.85. The molecule has 4 amide bonds. The van der Waals surface area contributed by atoms with Crippen molar-refractivity contribution in [3.8, 4) is 0 Å².